The van der Waals surface area contributed by atoms with Gasteiger partial charge in [-0.3, -0.25) is 4.79 Å². The van der Waals surface area contributed by atoms with Gasteiger partial charge in [0.1, 0.15) is 5.82 Å². The molecule has 8 heteroatoms. The Morgan fingerprint density at radius 1 is 1.24 bits per heavy atom. The molecule has 0 saturated carbocycles. The van der Waals surface area contributed by atoms with Crippen LogP contribution in [-0.4, -0.2) is 56.0 Å². The molecule has 0 bridgehead atoms. The lowest BCUT2D eigenvalue weighted by atomic mass is 10.1. The summed E-state index contributed by atoms with van der Waals surface area (Å²) < 4.78 is 38.2. The third-order valence-electron chi connectivity index (χ3n) is 3.50. The predicted molar refractivity (Wildman–Crippen MR) is 77.9 cm³/mol. The average molecular weight is 315 g/mol. The van der Waals surface area contributed by atoms with Gasteiger partial charge in [-0.1, -0.05) is 0 Å². The highest BCUT2D eigenvalue weighted by Gasteiger charge is 2.28. The van der Waals surface area contributed by atoms with Gasteiger partial charge in [0, 0.05) is 31.9 Å². The van der Waals surface area contributed by atoms with Crippen molar-refractivity contribution < 1.29 is 17.6 Å². The second-order valence-corrected chi connectivity index (χ2v) is 7.14. The summed E-state index contributed by atoms with van der Waals surface area (Å²) in [5.41, 5.74) is 6.22. The molecule has 1 saturated heterocycles. The summed E-state index contributed by atoms with van der Waals surface area (Å²) in [4.78, 5) is 13.8. The summed E-state index contributed by atoms with van der Waals surface area (Å²) in [5, 5.41) is 0. The number of nitrogens with zero attached hydrogens (tertiary/aromatic N) is 2. The zero-order chi connectivity index (χ0) is 15.8. The van der Waals surface area contributed by atoms with Crippen LogP contribution in [0.15, 0.2) is 12.1 Å². The zero-order valence-corrected chi connectivity index (χ0v) is 12.8. The predicted octanol–water partition coefficient (Wildman–Crippen LogP) is 0.434. The van der Waals surface area contributed by atoms with Gasteiger partial charge >= 0.3 is 0 Å². The quantitative estimate of drug-likeness (QED) is 0.802. The Hall–Kier alpha value is -1.67. The first kappa shape index (κ1) is 15.7. The fraction of sp³-hybridized carbons (Fsp3) is 0.462. The number of aryl methyl sites for hydroxylation is 1. The van der Waals surface area contributed by atoms with Crippen LogP contribution in [-0.2, 0) is 10.0 Å². The van der Waals surface area contributed by atoms with Crippen molar-refractivity contribution in [2.45, 2.75) is 6.92 Å². The summed E-state index contributed by atoms with van der Waals surface area (Å²) in [6.45, 7) is 2.45. The number of carbonyl (C=O) groups excluding carboxylic acids is 1. The Morgan fingerprint density at radius 3 is 2.33 bits per heavy atom. The number of nitrogens with two attached hydrogens (primary N) is 1. The highest BCUT2D eigenvalue weighted by Crippen LogP contribution is 2.19. The molecule has 1 aliphatic heterocycles. The van der Waals surface area contributed by atoms with Gasteiger partial charge in [0.25, 0.3) is 5.91 Å². The van der Waals surface area contributed by atoms with Crippen molar-refractivity contribution in [2.75, 3.05) is 38.2 Å². The first-order chi connectivity index (χ1) is 9.70. The minimum Gasteiger partial charge on any atom is -0.399 e. The van der Waals surface area contributed by atoms with Crippen LogP contribution >= 0.6 is 0 Å². The van der Waals surface area contributed by atoms with Crippen LogP contribution in [0.1, 0.15) is 15.9 Å². The number of halogens is 1. The molecular weight excluding hydrogens is 297 g/mol. The van der Waals surface area contributed by atoms with E-state index in [1.807, 2.05) is 0 Å². The third-order valence-corrected chi connectivity index (χ3v) is 4.81. The van der Waals surface area contributed by atoms with E-state index in [1.54, 1.807) is 6.92 Å². The van der Waals surface area contributed by atoms with E-state index in [0.717, 1.165) is 6.26 Å². The maximum Gasteiger partial charge on any atom is 0.257 e. The van der Waals surface area contributed by atoms with Gasteiger partial charge in [0.15, 0.2) is 0 Å². The number of piperazine rings is 1. The normalized spacial score (nSPS) is 17.0. The summed E-state index contributed by atoms with van der Waals surface area (Å²) in [6, 6.07) is 2.78. The lowest BCUT2D eigenvalue weighted by molar-refractivity contribution is 0.0693. The SMILES string of the molecule is Cc1cc(N)cc(C(=O)N2CCN(S(C)(=O)=O)CC2)c1F. The van der Waals surface area contributed by atoms with E-state index in [0.29, 0.717) is 11.3 Å². The van der Waals surface area contributed by atoms with Gasteiger partial charge in [-0.25, -0.2) is 12.8 Å². The van der Waals surface area contributed by atoms with Crippen molar-refractivity contribution in [1.82, 2.24) is 9.21 Å². The molecule has 0 unspecified atom stereocenters. The van der Waals surface area contributed by atoms with Crippen molar-refractivity contribution >= 4 is 21.6 Å². The van der Waals surface area contributed by atoms with E-state index in [2.05, 4.69) is 0 Å². The minimum atomic E-state index is -3.26. The van der Waals surface area contributed by atoms with Crippen LogP contribution in [0, 0.1) is 12.7 Å². The number of hydrogen-bond donors (Lipinski definition) is 1. The highest BCUT2D eigenvalue weighted by molar-refractivity contribution is 7.88. The molecule has 1 heterocycles. The zero-order valence-electron chi connectivity index (χ0n) is 12.0. The molecule has 0 aliphatic carbocycles. The van der Waals surface area contributed by atoms with E-state index in [-0.39, 0.29) is 31.7 Å². The molecule has 2 rings (SSSR count). The number of carbonyl (C=O) groups is 1. The first-order valence-electron chi connectivity index (χ1n) is 6.50. The van der Waals surface area contributed by atoms with E-state index >= 15 is 0 Å². The summed E-state index contributed by atoms with van der Waals surface area (Å²) in [6.07, 6.45) is 1.13. The first-order valence-corrected chi connectivity index (χ1v) is 8.35. The fourth-order valence-corrected chi connectivity index (χ4v) is 3.17. The molecule has 1 aromatic carbocycles. The van der Waals surface area contributed by atoms with E-state index in [1.165, 1.54) is 21.3 Å². The largest absolute Gasteiger partial charge is 0.399 e. The molecule has 21 heavy (non-hydrogen) atoms. The Kier molecular flexibility index (Phi) is 4.20. The Morgan fingerprint density at radius 2 is 1.81 bits per heavy atom. The molecule has 1 fully saturated rings. The monoisotopic (exact) mass is 315 g/mol. The maximum atomic E-state index is 14.0. The molecule has 1 aromatic rings. The number of hydrogen-bond acceptors (Lipinski definition) is 4. The van der Waals surface area contributed by atoms with Crippen LogP contribution in [0.25, 0.3) is 0 Å². The van der Waals surface area contributed by atoms with E-state index in [9.17, 15) is 17.6 Å². The van der Waals surface area contributed by atoms with Crippen molar-refractivity contribution in [3.05, 3.63) is 29.1 Å². The molecule has 116 valence electrons. The number of rotatable bonds is 2. The summed E-state index contributed by atoms with van der Waals surface area (Å²) in [7, 11) is -3.26. The minimum absolute atomic E-state index is 0.0692. The molecule has 0 aromatic heterocycles. The topological polar surface area (TPSA) is 83.7 Å². The lowest BCUT2D eigenvalue weighted by Crippen LogP contribution is -2.50. The molecule has 6 nitrogen and oxygen atoms in total. The molecule has 2 N–H and O–H groups in total. The number of anilines is 1. The number of amides is 1. The molecule has 1 aliphatic rings. The van der Waals surface area contributed by atoms with Crippen molar-refractivity contribution in [1.29, 1.82) is 0 Å². The van der Waals surface area contributed by atoms with E-state index in [4.69, 9.17) is 5.73 Å². The maximum absolute atomic E-state index is 14.0. The standard InChI is InChI=1S/C13H18FN3O3S/c1-9-7-10(15)8-11(12(9)14)13(18)16-3-5-17(6-4-16)21(2,19)20/h7-8H,3-6,15H2,1-2H3. The molecule has 1 amide bonds. The van der Waals surface area contributed by atoms with Gasteiger partial charge in [0.05, 0.1) is 11.8 Å². The van der Waals surface area contributed by atoms with Crippen LogP contribution in [0.4, 0.5) is 10.1 Å². The Labute approximate surface area is 123 Å². The number of nitrogen functional groups attached to an aromatic ring is 1. The highest BCUT2D eigenvalue weighted by atomic mass is 32.2. The average Bonchev–Trinajstić information content (AvgIpc) is 2.41. The summed E-state index contributed by atoms with van der Waals surface area (Å²) in [5.74, 6) is -1.05. The summed E-state index contributed by atoms with van der Waals surface area (Å²) >= 11 is 0. The second kappa shape index (κ2) is 5.61. The van der Waals surface area contributed by atoms with Gasteiger partial charge in [0.2, 0.25) is 10.0 Å². The Bertz CT molecular complexity index is 667. The Balaban J connectivity index is 2.16. The van der Waals surface area contributed by atoms with Crippen molar-refractivity contribution in [2.24, 2.45) is 0 Å². The van der Waals surface area contributed by atoms with Crippen LogP contribution in [0.5, 0.6) is 0 Å². The lowest BCUT2D eigenvalue weighted by Gasteiger charge is -2.33. The van der Waals surface area contributed by atoms with Crippen LogP contribution in [0.2, 0.25) is 0 Å². The van der Waals surface area contributed by atoms with Crippen molar-refractivity contribution in [3.8, 4) is 0 Å². The second-order valence-electron chi connectivity index (χ2n) is 5.15. The van der Waals surface area contributed by atoms with Gasteiger partial charge < -0.3 is 10.6 Å². The third kappa shape index (κ3) is 3.33. The van der Waals surface area contributed by atoms with Gasteiger partial charge in [-0.15, -0.1) is 0 Å². The van der Waals surface area contributed by atoms with Crippen LogP contribution < -0.4 is 5.73 Å². The van der Waals surface area contributed by atoms with Gasteiger partial charge in [-0.05, 0) is 24.6 Å². The number of benzene rings is 1. The molecule has 0 atom stereocenters. The van der Waals surface area contributed by atoms with E-state index < -0.39 is 21.7 Å². The van der Waals surface area contributed by atoms with Crippen LogP contribution in [0.3, 0.4) is 0 Å². The molecule has 0 radical (unpaired) electrons. The van der Waals surface area contributed by atoms with Crippen molar-refractivity contribution in [3.63, 3.8) is 0 Å². The number of sulfonamides is 1. The van der Waals surface area contributed by atoms with Gasteiger partial charge in [-0.2, -0.15) is 4.31 Å². The molecule has 0 spiro atoms. The smallest absolute Gasteiger partial charge is 0.257 e. The fourth-order valence-electron chi connectivity index (χ4n) is 2.35. The molecular formula is C13H18FN3O3S.